The number of hydrogen-bond donors (Lipinski definition) is 0. The van der Waals surface area contributed by atoms with Crippen molar-refractivity contribution in [1.82, 2.24) is 4.57 Å². The van der Waals surface area contributed by atoms with Gasteiger partial charge in [-0.2, -0.15) is 0 Å². The van der Waals surface area contributed by atoms with Crippen LogP contribution in [0.5, 0.6) is 0 Å². The number of nitrogens with zero attached hydrogens (tertiary/aromatic N) is 1. The Bertz CT molecular complexity index is 966. The largest absolute Gasteiger partial charge is 0.343 e. The number of aryl methyl sites for hydroxylation is 1. The van der Waals surface area contributed by atoms with Gasteiger partial charge in [0.25, 0.3) is 0 Å². The van der Waals surface area contributed by atoms with Crippen LogP contribution in [0, 0.1) is 0 Å². The monoisotopic (exact) mass is 269 g/mol. The van der Waals surface area contributed by atoms with Crippen molar-refractivity contribution in [1.29, 1.82) is 0 Å². The van der Waals surface area contributed by atoms with Crippen molar-refractivity contribution in [3.05, 3.63) is 66.7 Å². The van der Waals surface area contributed by atoms with E-state index < -0.39 is 0 Å². The van der Waals surface area contributed by atoms with Gasteiger partial charge in [0.15, 0.2) is 0 Å². The second-order valence-corrected chi connectivity index (χ2v) is 5.59. The first-order valence-electron chi connectivity index (χ1n) is 7.29. The number of hydrogen-bond acceptors (Lipinski definition) is 0. The van der Waals surface area contributed by atoms with Gasteiger partial charge in [0.2, 0.25) is 0 Å². The Labute approximate surface area is 125 Å². The number of para-hydroxylation sites is 2. The number of benzene rings is 3. The van der Waals surface area contributed by atoms with Gasteiger partial charge < -0.3 is 4.57 Å². The first kappa shape index (κ1) is 12.3. The molecule has 0 aliphatic carbocycles. The second-order valence-electron chi connectivity index (χ2n) is 5.59. The lowest BCUT2D eigenvalue weighted by Crippen LogP contribution is -2.06. The van der Waals surface area contributed by atoms with Crippen LogP contribution in [0.4, 0.5) is 0 Å². The summed E-state index contributed by atoms with van der Waals surface area (Å²) in [4.78, 5) is 0. The summed E-state index contributed by atoms with van der Waals surface area (Å²) in [5.74, 6) is 0. The van der Waals surface area contributed by atoms with Crippen LogP contribution in [0.15, 0.2) is 66.7 Å². The van der Waals surface area contributed by atoms with Crippen molar-refractivity contribution < 1.29 is 0 Å². The molecule has 0 spiro atoms. The molecule has 0 amide bonds. The number of aromatic nitrogens is 1. The molecule has 2 heteroatoms. The third-order valence-electron chi connectivity index (χ3n) is 4.36. The Morgan fingerprint density at radius 2 is 1.38 bits per heavy atom. The van der Waals surface area contributed by atoms with Crippen molar-refractivity contribution >= 4 is 35.1 Å². The lowest BCUT2D eigenvalue weighted by molar-refractivity contribution is 1.02. The Balaban J connectivity index is 2.19. The summed E-state index contributed by atoms with van der Waals surface area (Å²) in [7, 11) is 4.34. The molecule has 0 bridgehead atoms. The third-order valence-corrected chi connectivity index (χ3v) is 4.36. The molecule has 0 N–H and O–H groups in total. The molecule has 4 aromatic rings. The molecule has 3 aromatic carbocycles. The zero-order chi connectivity index (χ0) is 14.4. The summed E-state index contributed by atoms with van der Waals surface area (Å²) in [5.41, 5.74) is 6.54. The van der Waals surface area contributed by atoms with E-state index in [1.165, 1.54) is 38.4 Å². The summed E-state index contributed by atoms with van der Waals surface area (Å²) in [6.07, 6.45) is 0. The first-order valence-corrected chi connectivity index (χ1v) is 7.29. The molecule has 0 aliphatic rings. The molecule has 0 atom stereocenters. The fourth-order valence-electron chi connectivity index (χ4n) is 3.33. The van der Waals surface area contributed by atoms with Crippen LogP contribution in [0.1, 0.15) is 0 Å². The predicted molar refractivity (Wildman–Crippen MR) is 94.0 cm³/mol. The molecular weight excluding hydrogens is 253 g/mol. The van der Waals surface area contributed by atoms with E-state index in [1.54, 1.807) is 0 Å². The van der Waals surface area contributed by atoms with Crippen molar-refractivity contribution in [2.45, 2.75) is 0 Å². The SMILES string of the molecule is Bc1ccccc1-c1cccc2c3ccccc3n(C)c12. The Morgan fingerprint density at radius 3 is 2.24 bits per heavy atom. The van der Waals surface area contributed by atoms with Crippen LogP contribution in [0.3, 0.4) is 0 Å². The van der Waals surface area contributed by atoms with Crippen LogP contribution in [0.2, 0.25) is 0 Å². The quantitative estimate of drug-likeness (QED) is 0.467. The van der Waals surface area contributed by atoms with Gasteiger partial charge in [0, 0.05) is 28.9 Å². The molecule has 0 aliphatic heterocycles. The highest BCUT2D eigenvalue weighted by molar-refractivity contribution is 6.36. The summed E-state index contributed by atoms with van der Waals surface area (Å²) in [5, 5.41) is 2.65. The Hall–Kier alpha value is -2.48. The van der Waals surface area contributed by atoms with E-state index in [9.17, 15) is 0 Å². The van der Waals surface area contributed by atoms with Crippen LogP contribution in [0.25, 0.3) is 32.9 Å². The van der Waals surface area contributed by atoms with Gasteiger partial charge in [-0.3, -0.25) is 0 Å². The molecule has 0 saturated carbocycles. The van der Waals surface area contributed by atoms with Gasteiger partial charge >= 0.3 is 0 Å². The van der Waals surface area contributed by atoms with E-state index in [-0.39, 0.29) is 0 Å². The highest BCUT2D eigenvalue weighted by Gasteiger charge is 2.12. The maximum atomic E-state index is 2.31. The number of rotatable bonds is 1. The fourth-order valence-corrected chi connectivity index (χ4v) is 3.33. The molecule has 0 saturated heterocycles. The van der Waals surface area contributed by atoms with Crippen molar-refractivity contribution in [2.24, 2.45) is 7.05 Å². The van der Waals surface area contributed by atoms with Crippen molar-refractivity contribution in [3.8, 4) is 11.1 Å². The highest BCUT2D eigenvalue weighted by atomic mass is 14.9. The summed E-state index contributed by atoms with van der Waals surface area (Å²) < 4.78 is 2.31. The van der Waals surface area contributed by atoms with E-state index in [2.05, 4.69) is 86.2 Å². The normalized spacial score (nSPS) is 11.3. The maximum Gasteiger partial charge on any atom is 0.140 e. The second kappa shape index (κ2) is 4.52. The molecule has 1 nitrogen and oxygen atoms in total. The molecule has 1 heterocycles. The standard InChI is InChI=1S/C19H16BN/c1-21-18-12-5-3-8-14(18)16-10-6-9-15(19(16)21)13-7-2-4-11-17(13)20/h2-12H,20H2,1H3. The third kappa shape index (κ3) is 1.72. The van der Waals surface area contributed by atoms with Gasteiger partial charge in [-0.1, -0.05) is 66.1 Å². The smallest absolute Gasteiger partial charge is 0.140 e. The van der Waals surface area contributed by atoms with E-state index >= 15 is 0 Å². The van der Waals surface area contributed by atoms with E-state index in [0.717, 1.165) is 0 Å². The van der Waals surface area contributed by atoms with Crippen LogP contribution < -0.4 is 5.46 Å². The molecule has 0 unspecified atom stereocenters. The van der Waals surface area contributed by atoms with E-state index in [4.69, 9.17) is 0 Å². The lowest BCUT2D eigenvalue weighted by Gasteiger charge is -2.09. The minimum Gasteiger partial charge on any atom is -0.343 e. The summed E-state index contributed by atoms with van der Waals surface area (Å²) in [6.45, 7) is 0. The topological polar surface area (TPSA) is 4.93 Å². The molecule has 100 valence electrons. The van der Waals surface area contributed by atoms with Gasteiger partial charge in [-0.15, -0.1) is 0 Å². The van der Waals surface area contributed by atoms with Crippen molar-refractivity contribution in [3.63, 3.8) is 0 Å². The van der Waals surface area contributed by atoms with Gasteiger partial charge in [-0.25, -0.2) is 0 Å². The molecule has 0 fully saturated rings. The average Bonchev–Trinajstić information content (AvgIpc) is 2.82. The Kier molecular flexibility index (Phi) is 2.65. The molecule has 4 rings (SSSR count). The van der Waals surface area contributed by atoms with E-state index in [1.807, 2.05) is 0 Å². The molecule has 1 aromatic heterocycles. The maximum absolute atomic E-state index is 2.31. The van der Waals surface area contributed by atoms with E-state index in [0.29, 0.717) is 0 Å². The van der Waals surface area contributed by atoms with Crippen LogP contribution in [-0.4, -0.2) is 12.4 Å². The highest BCUT2D eigenvalue weighted by Crippen LogP contribution is 2.34. The minimum atomic E-state index is 1.29. The zero-order valence-electron chi connectivity index (χ0n) is 12.3. The van der Waals surface area contributed by atoms with Crippen LogP contribution in [-0.2, 0) is 7.05 Å². The zero-order valence-corrected chi connectivity index (χ0v) is 12.3. The van der Waals surface area contributed by atoms with Crippen molar-refractivity contribution in [2.75, 3.05) is 0 Å². The number of fused-ring (bicyclic) bond motifs is 3. The summed E-state index contributed by atoms with van der Waals surface area (Å²) in [6, 6.07) is 23.8. The summed E-state index contributed by atoms with van der Waals surface area (Å²) >= 11 is 0. The van der Waals surface area contributed by atoms with Gasteiger partial charge in [0.1, 0.15) is 7.85 Å². The minimum absolute atomic E-state index is 1.29. The fraction of sp³-hybridized carbons (Fsp3) is 0.0526. The van der Waals surface area contributed by atoms with Crippen LogP contribution >= 0.6 is 0 Å². The van der Waals surface area contributed by atoms with Gasteiger partial charge in [0.05, 0.1) is 5.52 Å². The average molecular weight is 269 g/mol. The predicted octanol–water partition coefficient (Wildman–Crippen LogP) is 3.26. The van der Waals surface area contributed by atoms with Gasteiger partial charge in [-0.05, 0) is 11.6 Å². The first-order chi connectivity index (χ1) is 10.3. The molecule has 21 heavy (non-hydrogen) atoms. The molecular formula is C19H16BN. The molecule has 0 radical (unpaired) electrons. The lowest BCUT2D eigenvalue weighted by atomic mass is 9.86. The Morgan fingerprint density at radius 1 is 0.714 bits per heavy atom.